The highest BCUT2D eigenvalue weighted by Gasteiger charge is 2.03. The van der Waals surface area contributed by atoms with Gasteiger partial charge >= 0.3 is 0 Å². The van der Waals surface area contributed by atoms with Crippen LogP contribution in [0.3, 0.4) is 0 Å². The van der Waals surface area contributed by atoms with Crippen molar-refractivity contribution in [3.05, 3.63) is 35.4 Å². The first-order valence-corrected chi connectivity index (χ1v) is 4.59. The highest BCUT2D eigenvalue weighted by Crippen LogP contribution is 2.07. The van der Waals surface area contributed by atoms with Gasteiger partial charge < -0.3 is 0 Å². The van der Waals surface area contributed by atoms with Gasteiger partial charge in [0.15, 0.2) is 0 Å². The predicted octanol–water partition coefficient (Wildman–Crippen LogP) is 2.69. The second-order valence-electron chi connectivity index (χ2n) is 3.17. The molecule has 0 bridgehead atoms. The first-order valence-electron chi connectivity index (χ1n) is 4.19. The van der Waals surface area contributed by atoms with Crippen LogP contribution in [0, 0.1) is 6.92 Å². The topological polar surface area (TPSA) is 17.1 Å². The van der Waals surface area contributed by atoms with Crippen molar-refractivity contribution in [1.29, 1.82) is 0 Å². The first kappa shape index (κ1) is 10.1. The molecule has 13 heavy (non-hydrogen) atoms. The molecule has 0 atom stereocenters. The van der Waals surface area contributed by atoms with E-state index in [2.05, 4.69) is 0 Å². The summed E-state index contributed by atoms with van der Waals surface area (Å²) >= 11 is 5.12. The van der Waals surface area contributed by atoms with Gasteiger partial charge in [0.1, 0.15) is 5.78 Å². The Hall–Kier alpha value is -1.02. The van der Waals surface area contributed by atoms with Crippen LogP contribution in [0.2, 0.25) is 0 Å². The van der Waals surface area contributed by atoms with Gasteiger partial charge in [-0.3, -0.25) is 4.79 Å². The highest BCUT2D eigenvalue weighted by molar-refractivity contribution is 7.80. The normalized spacial score (nSPS) is 9.69. The van der Waals surface area contributed by atoms with Crippen LogP contribution in [0.1, 0.15) is 24.5 Å². The molecule has 0 amide bonds. The van der Waals surface area contributed by atoms with Crippen molar-refractivity contribution < 1.29 is 4.79 Å². The number of benzene rings is 1. The molecule has 0 aromatic heterocycles. The van der Waals surface area contributed by atoms with Crippen LogP contribution in [0.4, 0.5) is 0 Å². The van der Waals surface area contributed by atoms with E-state index in [-0.39, 0.29) is 5.78 Å². The fourth-order valence-corrected chi connectivity index (χ4v) is 1.41. The summed E-state index contributed by atoms with van der Waals surface area (Å²) in [6.07, 6.45) is 0.373. The van der Waals surface area contributed by atoms with E-state index >= 15 is 0 Å². The molecule has 0 saturated carbocycles. The minimum absolute atomic E-state index is 0.116. The summed E-state index contributed by atoms with van der Waals surface area (Å²) in [5.74, 6) is 0.116. The number of carbonyl (C=O) groups excluding carboxylic acids is 1. The van der Waals surface area contributed by atoms with Crippen molar-refractivity contribution in [3.8, 4) is 0 Å². The zero-order valence-corrected chi connectivity index (χ0v) is 8.65. The Kier molecular flexibility index (Phi) is 3.32. The third-order valence-electron chi connectivity index (χ3n) is 1.78. The van der Waals surface area contributed by atoms with Gasteiger partial charge in [-0.2, -0.15) is 0 Å². The smallest absolute Gasteiger partial charge is 0.135 e. The SMILES string of the molecule is CC(=O)CC(=S)c1ccc(C)cc1. The summed E-state index contributed by atoms with van der Waals surface area (Å²) in [7, 11) is 0. The lowest BCUT2D eigenvalue weighted by atomic mass is 10.1. The summed E-state index contributed by atoms with van der Waals surface area (Å²) in [6.45, 7) is 3.58. The molecule has 0 spiro atoms. The van der Waals surface area contributed by atoms with Crippen molar-refractivity contribution >= 4 is 22.9 Å². The van der Waals surface area contributed by atoms with Crippen molar-refractivity contribution in [2.45, 2.75) is 20.3 Å². The molecule has 0 unspecified atom stereocenters. The van der Waals surface area contributed by atoms with Gasteiger partial charge in [0.05, 0.1) is 0 Å². The Balaban J connectivity index is 2.78. The molecule has 0 aliphatic carbocycles. The number of thiocarbonyl (C=S) groups is 1. The predicted molar refractivity (Wildman–Crippen MR) is 58.2 cm³/mol. The van der Waals surface area contributed by atoms with E-state index in [0.29, 0.717) is 6.42 Å². The Morgan fingerprint density at radius 1 is 1.31 bits per heavy atom. The molecule has 0 fully saturated rings. The number of ketones is 1. The molecule has 0 aliphatic heterocycles. The van der Waals surface area contributed by atoms with Crippen LogP contribution in [-0.2, 0) is 4.79 Å². The van der Waals surface area contributed by atoms with Gasteiger partial charge in [-0.25, -0.2) is 0 Å². The van der Waals surface area contributed by atoms with E-state index in [1.807, 2.05) is 31.2 Å². The zero-order chi connectivity index (χ0) is 9.84. The van der Waals surface area contributed by atoms with E-state index in [0.717, 1.165) is 10.4 Å². The Labute approximate surface area is 83.8 Å². The fourth-order valence-electron chi connectivity index (χ4n) is 1.07. The van der Waals surface area contributed by atoms with Crippen LogP contribution in [-0.4, -0.2) is 10.6 Å². The fraction of sp³-hybridized carbons (Fsp3) is 0.273. The molecule has 0 N–H and O–H groups in total. The van der Waals surface area contributed by atoms with Crippen LogP contribution in [0.15, 0.2) is 24.3 Å². The number of aryl methyl sites for hydroxylation is 1. The number of hydrogen-bond donors (Lipinski definition) is 0. The minimum atomic E-state index is 0.116. The van der Waals surface area contributed by atoms with Gasteiger partial charge in [0.2, 0.25) is 0 Å². The van der Waals surface area contributed by atoms with E-state index in [9.17, 15) is 4.79 Å². The molecule has 0 radical (unpaired) electrons. The Bertz CT molecular complexity index is 324. The number of carbonyl (C=O) groups is 1. The van der Waals surface area contributed by atoms with Crippen molar-refractivity contribution in [3.63, 3.8) is 0 Å². The molecule has 1 nitrogen and oxygen atoms in total. The summed E-state index contributed by atoms with van der Waals surface area (Å²) < 4.78 is 0. The van der Waals surface area contributed by atoms with Gasteiger partial charge in [0, 0.05) is 11.3 Å². The van der Waals surface area contributed by atoms with Gasteiger partial charge in [-0.1, -0.05) is 42.0 Å². The standard InChI is InChI=1S/C11H12OS/c1-8-3-5-10(6-4-8)11(13)7-9(2)12/h3-6H,7H2,1-2H3. The molecule has 1 rings (SSSR count). The highest BCUT2D eigenvalue weighted by atomic mass is 32.1. The molecular formula is C11H12OS. The van der Waals surface area contributed by atoms with Crippen molar-refractivity contribution in [2.75, 3.05) is 0 Å². The summed E-state index contributed by atoms with van der Waals surface area (Å²) in [6, 6.07) is 7.92. The van der Waals surface area contributed by atoms with Gasteiger partial charge in [0.25, 0.3) is 0 Å². The first-order chi connectivity index (χ1) is 6.09. The van der Waals surface area contributed by atoms with Crippen LogP contribution in [0.25, 0.3) is 0 Å². The van der Waals surface area contributed by atoms with E-state index < -0.39 is 0 Å². The Morgan fingerprint density at radius 3 is 2.31 bits per heavy atom. The third-order valence-corrected chi connectivity index (χ3v) is 2.16. The number of Topliss-reactive ketones (excluding diaryl/α,β-unsaturated/α-hetero) is 1. The lowest BCUT2D eigenvalue weighted by Crippen LogP contribution is -2.03. The number of rotatable bonds is 3. The average molecular weight is 192 g/mol. The summed E-state index contributed by atoms with van der Waals surface area (Å²) in [5, 5.41) is 0. The second-order valence-corrected chi connectivity index (χ2v) is 3.66. The molecule has 0 saturated heterocycles. The monoisotopic (exact) mass is 192 g/mol. The molecule has 0 aliphatic rings. The minimum Gasteiger partial charge on any atom is -0.300 e. The summed E-state index contributed by atoms with van der Waals surface area (Å²) in [4.78, 5) is 11.5. The van der Waals surface area contributed by atoms with Crippen molar-refractivity contribution in [1.82, 2.24) is 0 Å². The van der Waals surface area contributed by atoms with Crippen LogP contribution >= 0.6 is 12.2 Å². The lowest BCUT2D eigenvalue weighted by Gasteiger charge is -2.01. The maximum absolute atomic E-state index is 10.8. The maximum atomic E-state index is 10.8. The Morgan fingerprint density at radius 2 is 1.85 bits per heavy atom. The van der Waals surface area contributed by atoms with Crippen molar-refractivity contribution in [2.24, 2.45) is 0 Å². The van der Waals surface area contributed by atoms with Crippen LogP contribution < -0.4 is 0 Å². The molecule has 1 aromatic rings. The van der Waals surface area contributed by atoms with E-state index in [1.165, 1.54) is 5.56 Å². The average Bonchev–Trinajstić information content (AvgIpc) is 2.04. The molecule has 1 aromatic carbocycles. The van der Waals surface area contributed by atoms with Gasteiger partial charge in [-0.05, 0) is 19.4 Å². The zero-order valence-electron chi connectivity index (χ0n) is 7.83. The largest absolute Gasteiger partial charge is 0.300 e. The molecular weight excluding hydrogens is 180 g/mol. The third kappa shape index (κ3) is 3.07. The van der Waals surface area contributed by atoms with E-state index in [1.54, 1.807) is 6.92 Å². The second kappa shape index (κ2) is 4.28. The number of hydrogen-bond acceptors (Lipinski definition) is 2. The molecule has 2 heteroatoms. The molecule has 0 heterocycles. The van der Waals surface area contributed by atoms with E-state index in [4.69, 9.17) is 12.2 Å². The van der Waals surface area contributed by atoms with Gasteiger partial charge in [-0.15, -0.1) is 0 Å². The quantitative estimate of drug-likeness (QED) is 0.541. The molecule has 68 valence electrons. The lowest BCUT2D eigenvalue weighted by molar-refractivity contribution is -0.115. The van der Waals surface area contributed by atoms with Crippen LogP contribution in [0.5, 0.6) is 0 Å². The maximum Gasteiger partial charge on any atom is 0.135 e. The summed E-state index contributed by atoms with van der Waals surface area (Å²) in [5.41, 5.74) is 2.19.